The molecule has 1 nitrogen and oxygen atoms in total. The molecule has 0 aromatic heterocycles. The Morgan fingerprint density at radius 2 is 2.06 bits per heavy atom. The van der Waals surface area contributed by atoms with Gasteiger partial charge in [0, 0.05) is 0 Å². The molecule has 1 N–H and O–H groups in total. The Labute approximate surface area is 101 Å². The molecule has 4 unspecified atom stereocenters. The molecule has 2 rings (SSSR count). The van der Waals surface area contributed by atoms with Crippen LogP contribution in [0.25, 0.3) is 0 Å². The molecule has 0 heterocycles. The summed E-state index contributed by atoms with van der Waals surface area (Å²) in [6.07, 6.45) is 5.96. The van der Waals surface area contributed by atoms with Gasteiger partial charge in [-0.25, -0.2) is 0 Å². The zero-order valence-electron chi connectivity index (χ0n) is 11.6. The van der Waals surface area contributed by atoms with E-state index >= 15 is 0 Å². The van der Waals surface area contributed by atoms with Gasteiger partial charge in [0.1, 0.15) is 0 Å². The predicted octanol–water partition coefficient (Wildman–Crippen LogP) is 3.69. The molecule has 4 atom stereocenters. The monoisotopic (exact) mass is 223 g/mol. The van der Waals surface area contributed by atoms with Crippen molar-refractivity contribution in [3.8, 4) is 0 Å². The Morgan fingerprint density at radius 1 is 1.31 bits per heavy atom. The van der Waals surface area contributed by atoms with E-state index in [4.69, 9.17) is 0 Å². The van der Waals surface area contributed by atoms with E-state index in [0.717, 1.165) is 29.1 Å². The van der Waals surface area contributed by atoms with E-state index < -0.39 is 0 Å². The second-order valence-electron chi connectivity index (χ2n) is 6.97. The summed E-state index contributed by atoms with van der Waals surface area (Å²) in [5.74, 6) is 3.74. The minimum Gasteiger partial charge on any atom is -0.316 e. The normalized spacial score (nSPS) is 42.9. The molecule has 0 amide bonds. The molecule has 2 saturated carbocycles. The summed E-state index contributed by atoms with van der Waals surface area (Å²) < 4.78 is 0. The highest BCUT2D eigenvalue weighted by Gasteiger charge is 2.57. The quantitative estimate of drug-likeness (QED) is 0.766. The van der Waals surface area contributed by atoms with E-state index in [-0.39, 0.29) is 0 Å². The Kier molecular flexibility index (Phi) is 3.63. The molecular formula is C15H29N. The lowest BCUT2D eigenvalue weighted by atomic mass is 9.72. The standard InChI is InChI=1S/C15H29N/c1-11(2)9-16-10-14-8-15(14)6-5-12(3)7-13(15)4/h11-14,16H,5-10H2,1-4H3. The molecule has 2 aliphatic rings. The molecule has 0 aromatic rings. The Morgan fingerprint density at radius 3 is 2.69 bits per heavy atom. The molecule has 94 valence electrons. The van der Waals surface area contributed by atoms with Crippen LogP contribution in [-0.4, -0.2) is 13.1 Å². The fourth-order valence-electron chi connectivity index (χ4n) is 3.85. The fourth-order valence-corrected chi connectivity index (χ4v) is 3.85. The van der Waals surface area contributed by atoms with Gasteiger partial charge >= 0.3 is 0 Å². The summed E-state index contributed by atoms with van der Waals surface area (Å²) >= 11 is 0. The lowest BCUT2D eigenvalue weighted by molar-refractivity contribution is 0.165. The average molecular weight is 223 g/mol. The second-order valence-corrected chi connectivity index (χ2v) is 6.97. The van der Waals surface area contributed by atoms with Gasteiger partial charge < -0.3 is 5.32 Å². The summed E-state index contributed by atoms with van der Waals surface area (Å²) in [6.45, 7) is 12.0. The number of rotatable bonds is 4. The first-order valence-electron chi connectivity index (χ1n) is 7.25. The summed E-state index contributed by atoms with van der Waals surface area (Å²) in [4.78, 5) is 0. The van der Waals surface area contributed by atoms with Crippen molar-refractivity contribution < 1.29 is 0 Å². The predicted molar refractivity (Wildman–Crippen MR) is 70.4 cm³/mol. The van der Waals surface area contributed by atoms with Crippen LogP contribution in [0.3, 0.4) is 0 Å². The molecule has 2 aliphatic carbocycles. The van der Waals surface area contributed by atoms with E-state index in [1.54, 1.807) is 0 Å². The van der Waals surface area contributed by atoms with Crippen LogP contribution < -0.4 is 5.32 Å². The maximum absolute atomic E-state index is 3.65. The lowest BCUT2D eigenvalue weighted by Gasteiger charge is -2.34. The molecule has 0 saturated heterocycles. The summed E-state index contributed by atoms with van der Waals surface area (Å²) in [7, 11) is 0. The van der Waals surface area contributed by atoms with Crippen LogP contribution >= 0.6 is 0 Å². The van der Waals surface area contributed by atoms with Crippen molar-refractivity contribution in [2.24, 2.45) is 29.1 Å². The molecule has 16 heavy (non-hydrogen) atoms. The van der Waals surface area contributed by atoms with Gasteiger partial charge in [-0.05, 0) is 61.4 Å². The summed E-state index contributed by atoms with van der Waals surface area (Å²) in [5, 5.41) is 3.65. The topological polar surface area (TPSA) is 12.0 Å². The van der Waals surface area contributed by atoms with Gasteiger partial charge in [0.25, 0.3) is 0 Å². The molecule has 0 aliphatic heterocycles. The van der Waals surface area contributed by atoms with E-state index in [1.165, 1.54) is 38.8 Å². The van der Waals surface area contributed by atoms with Crippen LogP contribution in [0.4, 0.5) is 0 Å². The smallest absolute Gasteiger partial charge is 0.00148 e. The first-order valence-corrected chi connectivity index (χ1v) is 7.25. The van der Waals surface area contributed by atoms with Crippen LogP contribution in [-0.2, 0) is 0 Å². The van der Waals surface area contributed by atoms with Crippen molar-refractivity contribution in [1.82, 2.24) is 5.32 Å². The molecule has 0 radical (unpaired) electrons. The summed E-state index contributed by atoms with van der Waals surface area (Å²) in [5.41, 5.74) is 0.760. The van der Waals surface area contributed by atoms with E-state index in [1.807, 2.05) is 0 Å². The van der Waals surface area contributed by atoms with Crippen molar-refractivity contribution >= 4 is 0 Å². The maximum atomic E-state index is 3.65. The van der Waals surface area contributed by atoms with Crippen molar-refractivity contribution in [2.75, 3.05) is 13.1 Å². The van der Waals surface area contributed by atoms with Crippen LogP contribution in [0.5, 0.6) is 0 Å². The SMILES string of the molecule is CC(C)CNCC1CC12CCC(C)CC2C. The Bertz CT molecular complexity index is 236. The molecule has 2 fully saturated rings. The van der Waals surface area contributed by atoms with Gasteiger partial charge in [-0.2, -0.15) is 0 Å². The van der Waals surface area contributed by atoms with Gasteiger partial charge in [0.05, 0.1) is 0 Å². The third kappa shape index (κ3) is 2.45. The largest absolute Gasteiger partial charge is 0.316 e. The maximum Gasteiger partial charge on any atom is -0.00148 e. The number of nitrogens with one attached hydrogen (secondary N) is 1. The van der Waals surface area contributed by atoms with Gasteiger partial charge in [-0.1, -0.05) is 34.1 Å². The zero-order valence-corrected chi connectivity index (χ0v) is 11.6. The van der Waals surface area contributed by atoms with Crippen LogP contribution in [0, 0.1) is 29.1 Å². The van der Waals surface area contributed by atoms with Gasteiger partial charge in [-0.15, -0.1) is 0 Å². The second kappa shape index (κ2) is 4.68. The molecule has 0 aromatic carbocycles. The highest BCUT2D eigenvalue weighted by atomic mass is 14.9. The molecular weight excluding hydrogens is 194 g/mol. The van der Waals surface area contributed by atoms with Gasteiger partial charge in [0.15, 0.2) is 0 Å². The van der Waals surface area contributed by atoms with Crippen molar-refractivity contribution in [3.05, 3.63) is 0 Å². The van der Waals surface area contributed by atoms with Crippen molar-refractivity contribution in [1.29, 1.82) is 0 Å². The minimum absolute atomic E-state index is 0.760. The molecule has 1 spiro atoms. The highest BCUT2D eigenvalue weighted by Crippen LogP contribution is 2.64. The number of hydrogen-bond donors (Lipinski definition) is 1. The van der Waals surface area contributed by atoms with E-state index in [0.29, 0.717) is 0 Å². The highest BCUT2D eigenvalue weighted by molar-refractivity contribution is 5.07. The van der Waals surface area contributed by atoms with Crippen molar-refractivity contribution in [3.63, 3.8) is 0 Å². The van der Waals surface area contributed by atoms with Crippen LogP contribution in [0.1, 0.15) is 53.4 Å². The fraction of sp³-hybridized carbons (Fsp3) is 1.00. The van der Waals surface area contributed by atoms with Gasteiger partial charge in [-0.3, -0.25) is 0 Å². The third-order valence-electron chi connectivity index (χ3n) is 5.06. The zero-order chi connectivity index (χ0) is 11.8. The van der Waals surface area contributed by atoms with Gasteiger partial charge in [0.2, 0.25) is 0 Å². The molecule has 0 bridgehead atoms. The minimum atomic E-state index is 0.760. The Hall–Kier alpha value is -0.0400. The first kappa shape index (κ1) is 12.4. The summed E-state index contributed by atoms with van der Waals surface area (Å²) in [6, 6.07) is 0. The third-order valence-corrected chi connectivity index (χ3v) is 5.06. The van der Waals surface area contributed by atoms with E-state index in [2.05, 4.69) is 33.0 Å². The van der Waals surface area contributed by atoms with Crippen LogP contribution in [0.15, 0.2) is 0 Å². The first-order chi connectivity index (χ1) is 7.54. The Balaban J connectivity index is 1.76. The average Bonchev–Trinajstić information content (AvgIpc) is 2.88. The van der Waals surface area contributed by atoms with Crippen LogP contribution in [0.2, 0.25) is 0 Å². The van der Waals surface area contributed by atoms with Crippen molar-refractivity contribution in [2.45, 2.75) is 53.4 Å². The molecule has 1 heteroatoms. The number of hydrogen-bond acceptors (Lipinski definition) is 1. The lowest BCUT2D eigenvalue weighted by Crippen LogP contribution is -2.29. The van der Waals surface area contributed by atoms with E-state index in [9.17, 15) is 0 Å².